The monoisotopic (exact) mass is 633 g/mol. The molecule has 5 aromatic rings. The zero-order valence-corrected chi connectivity index (χ0v) is 25.1. The van der Waals surface area contributed by atoms with Crippen LogP contribution in [0.25, 0.3) is 5.69 Å². The molecule has 0 saturated carbocycles. The molecular weight excluding hydrogens is 605 g/mol. The molecule has 0 bridgehead atoms. The molecule has 0 aliphatic carbocycles. The van der Waals surface area contributed by atoms with Gasteiger partial charge in [0, 0.05) is 48.1 Å². The number of hydrogen-bond donors (Lipinski definition) is 0. The van der Waals surface area contributed by atoms with Gasteiger partial charge in [0.05, 0.1) is 17.3 Å². The van der Waals surface area contributed by atoms with Gasteiger partial charge in [0.25, 0.3) is 0 Å². The lowest BCUT2D eigenvalue weighted by Gasteiger charge is -2.37. The highest BCUT2D eigenvalue weighted by atomic mass is 35.5. The number of piperazine rings is 1. The normalized spacial score (nSPS) is 20.3. The highest BCUT2D eigenvalue weighted by Gasteiger charge is 2.45. The summed E-state index contributed by atoms with van der Waals surface area (Å²) in [5.74, 6) is -0.386. The Balaban J connectivity index is 0.936. The minimum atomic E-state index is -1.15. The second kappa shape index (κ2) is 12.4. The van der Waals surface area contributed by atoms with Crippen molar-refractivity contribution in [3.8, 4) is 11.4 Å². The van der Waals surface area contributed by atoms with Crippen molar-refractivity contribution >= 4 is 34.6 Å². The Morgan fingerprint density at radius 3 is 2.20 bits per heavy atom. The fraction of sp³-hybridized carbons (Fsp3) is 0.300. The fourth-order valence-corrected chi connectivity index (χ4v) is 6.10. The molecule has 0 N–H and O–H groups in total. The maximum Gasteiger partial charge on any atom is 0.217 e. The van der Waals surface area contributed by atoms with E-state index >= 15 is 0 Å². The van der Waals surface area contributed by atoms with Gasteiger partial charge in [-0.25, -0.2) is 14.3 Å². The van der Waals surface area contributed by atoms with Crippen LogP contribution >= 0.6 is 23.2 Å². The van der Waals surface area contributed by atoms with Gasteiger partial charge in [0.15, 0.2) is 0 Å². The summed E-state index contributed by atoms with van der Waals surface area (Å²) in [6.45, 7) is 4.61. The summed E-state index contributed by atoms with van der Waals surface area (Å²) in [5.41, 5.74) is 3.96. The van der Waals surface area contributed by atoms with Crippen LogP contribution in [-0.4, -0.2) is 80.5 Å². The Morgan fingerprint density at radius 2 is 1.57 bits per heavy atom. The Hall–Kier alpha value is -4.23. The van der Waals surface area contributed by atoms with Crippen molar-refractivity contribution in [3.05, 3.63) is 101 Å². The van der Waals surface area contributed by atoms with Crippen LogP contribution in [0, 0.1) is 0 Å². The van der Waals surface area contributed by atoms with Crippen LogP contribution in [-0.2, 0) is 21.8 Å². The van der Waals surface area contributed by atoms with Crippen molar-refractivity contribution in [2.24, 2.45) is 0 Å². The lowest BCUT2D eigenvalue weighted by atomic mass is 10.1. The molecule has 2 fully saturated rings. The summed E-state index contributed by atoms with van der Waals surface area (Å²) in [6, 6.07) is 21.7. The van der Waals surface area contributed by atoms with Gasteiger partial charge in [-0.15, -0.1) is 5.10 Å². The summed E-state index contributed by atoms with van der Waals surface area (Å²) in [6.07, 6.45) is 4.35. The molecule has 0 spiro atoms. The summed E-state index contributed by atoms with van der Waals surface area (Å²) < 4.78 is 22.1. The molecule has 0 amide bonds. The highest BCUT2D eigenvalue weighted by molar-refractivity contribution is 6.35. The molecule has 12 nitrogen and oxygen atoms in total. The van der Waals surface area contributed by atoms with E-state index in [4.69, 9.17) is 37.4 Å². The Labute approximate surface area is 263 Å². The van der Waals surface area contributed by atoms with Crippen LogP contribution in [0.4, 0.5) is 11.4 Å². The smallest absolute Gasteiger partial charge is 0.217 e. The largest absolute Gasteiger partial charge is 0.491 e. The standard InChI is InChI=1S/C30H29Cl2N9O3/c31-22-1-10-28(29(32)15-22)30(18-40-20-33-19-35-40)43-17-27(44-30)16-42-26-8-6-24(7-9-26)39-13-11-38(12-14-39)23-2-4-25(5-3-23)41-21-34-36-37-41/h1-10,15,19-21,27H,11-14,16-18H2/t27-,30-/m1/s1. The number of aromatic nitrogens is 7. The van der Waals surface area contributed by atoms with Crippen LogP contribution in [0.3, 0.4) is 0 Å². The molecular formula is C30H29Cl2N9O3. The quantitative estimate of drug-likeness (QED) is 0.234. The first-order valence-electron chi connectivity index (χ1n) is 14.2. The van der Waals surface area contributed by atoms with Crippen molar-refractivity contribution < 1.29 is 14.2 Å². The molecule has 2 aliphatic rings. The molecule has 4 heterocycles. The van der Waals surface area contributed by atoms with Gasteiger partial charge >= 0.3 is 0 Å². The third kappa shape index (κ3) is 6.06. The summed E-state index contributed by atoms with van der Waals surface area (Å²) in [4.78, 5) is 8.82. The van der Waals surface area contributed by atoms with E-state index in [-0.39, 0.29) is 12.6 Å². The van der Waals surface area contributed by atoms with E-state index < -0.39 is 5.79 Å². The summed E-state index contributed by atoms with van der Waals surface area (Å²) in [7, 11) is 0. The molecule has 2 aliphatic heterocycles. The van der Waals surface area contributed by atoms with Gasteiger partial charge in [0.2, 0.25) is 5.79 Å². The maximum absolute atomic E-state index is 6.57. The minimum absolute atomic E-state index is 0.277. The van der Waals surface area contributed by atoms with Crippen LogP contribution in [0.2, 0.25) is 10.0 Å². The third-order valence-electron chi connectivity index (χ3n) is 7.78. The third-order valence-corrected chi connectivity index (χ3v) is 8.33. The van der Waals surface area contributed by atoms with Crippen molar-refractivity contribution in [1.29, 1.82) is 0 Å². The first kappa shape index (κ1) is 28.5. The number of rotatable bonds is 9. The lowest BCUT2D eigenvalue weighted by Crippen LogP contribution is -2.46. The molecule has 44 heavy (non-hydrogen) atoms. The van der Waals surface area contributed by atoms with E-state index in [0.29, 0.717) is 28.8 Å². The van der Waals surface area contributed by atoms with Crippen molar-refractivity contribution in [2.45, 2.75) is 18.4 Å². The van der Waals surface area contributed by atoms with E-state index in [1.807, 2.05) is 30.3 Å². The maximum atomic E-state index is 6.57. The van der Waals surface area contributed by atoms with Gasteiger partial charge in [-0.05, 0) is 71.1 Å². The topological polar surface area (TPSA) is 108 Å². The Morgan fingerprint density at radius 1 is 0.864 bits per heavy atom. The number of benzene rings is 3. The molecule has 2 saturated heterocycles. The average molecular weight is 635 g/mol. The molecule has 2 aromatic heterocycles. The second-order valence-corrected chi connectivity index (χ2v) is 11.4. The zero-order valence-electron chi connectivity index (χ0n) is 23.6. The second-order valence-electron chi connectivity index (χ2n) is 10.6. The summed E-state index contributed by atoms with van der Waals surface area (Å²) >= 11 is 12.7. The van der Waals surface area contributed by atoms with E-state index in [9.17, 15) is 0 Å². The first-order chi connectivity index (χ1) is 21.5. The predicted octanol–water partition coefficient (Wildman–Crippen LogP) is 4.23. The highest BCUT2D eigenvalue weighted by Crippen LogP contribution is 2.40. The Kier molecular flexibility index (Phi) is 8.05. The van der Waals surface area contributed by atoms with Crippen LogP contribution < -0.4 is 14.5 Å². The zero-order chi connectivity index (χ0) is 29.9. The van der Waals surface area contributed by atoms with E-state index in [0.717, 1.165) is 43.3 Å². The lowest BCUT2D eigenvalue weighted by molar-refractivity contribution is -0.190. The molecule has 0 unspecified atom stereocenters. The first-order valence-corrected chi connectivity index (χ1v) is 15.0. The van der Waals surface area contributed by atoms with Gasteiger partial charge in [0.1, 0.15) is 44.0 Å². The minimum Gasteiger partial charge on any atom is -0.491 e. The van der Waals surface area contributed by atoms with E-state index in [1.54, 1.807) is 34.2 Å². The van der Waals surface area contributed by atoms with Gasteiger partial charge in [-0.1, -0.05) is 29.3 Å². The molecule has 7 rings (SSSR count). The van der Waals surface area contributed by atoms with E-state index in [2.05, 4.69) is 59.7 Å². The molecule has 3 aromatic carbocycles. The molecule has 14 heteroatoms. The van der Waals surface area contributed by atoms with Gasteiger partial charge < -0.3 is 24.0 Å². The van der Waals surface area contributed by atoms with Crippen molar-refractivity contribution in [3.63, 3.8) is 0 Å². The number of ether oxygens (including phenoxy) is 3. The van der Waals surface area contributed by atoms with Crippen LogP contribution in [0.5, 0.6) is 5.75 Å². The molecule has 226 valence electrons. The van der Waals surface area contributed by atoms with Crippen LogP contribution in [0.1, 0.15) is 5.56 Å². The predicted molar refractivity (Wildman–Crippen MR) is 165 cm³/mol. The summed E-state index contributed by atoms with van der Waals surface area (Å²) in [5, 5.41) is 16.6. The van der Waals surface area contributed by atoms with Gasteiger partial charge in [-0.2, -0.15) is 5.10 Å². The fourth-order valence-electron chi connectivity index (χ4n) is 5.54. The SMILES string of the molecule is Clc1ccc([C@]2(Cn3cncn3)OC[C@@H](COc3ccc(N4CCN(c5ccc(-n6cnnn6)cc5)CC4)cc3)O2)c(Cl)c1. The number of tetrazole rings is 1. The molecule has 0 radical (unpaired) electrons. The number of halogens is 2. The van der Waals surface area contributed by atoms with Crippen molar-refractivity contribution in [1.82, 2.24) is 35.0 Å². The van der Waals surface area contributed by atoms with Crippen LogP contribution in [0.15, 0.2) is 85.7 Å². The van der Waals surface area contributed by atoms with Gasteiger partial charge in [-0.3, -0.25) is 0 Å². The average Bonchev–Trinajstić information content (AvgIpc) is 3.85. The molecule has 2 atom stereocenters. The number of anilines is 2. The van der Waals surface area contributed by atoms with E-state index in [1.165, 1.54) is 12.0 Å². The van der Waals surface area contributed by atoms with Crippen molar-refractivity contribution in [2.75, 3.05) is 49.2 Å². The Bertz CT molecular complexity index is 1660. The number of hydrogen-bond acceptors (Lipinski definition) is 10. The number of nitrogens with zero attached hydrogens (tertiary/aromatic N) is 9.